The Kier molecular flexibility index (Phi) is 7.41. The van der Waals surface area contributed by atoms with Gasteiger partial charge in [-0.15, -0.1) is 0 Å². The third kappa shape index (κ3) is 5.31. The number of fused-ring (bicyclic) bond motifs is 1. The molecule has 0 fully saturated rings. The Morgan fingerprint density at radius 3 is 2.24 bits per heavy atom. The minimum Gasteiger partial charge on any atom is -0.334 e. The molecule has 0 N–H and O–H groups in total. The molecule has 2 heterocycles. The van der Waals surface area contributed by atoms with Gasteiger partial charge in [0, 0.05) is 49.7 Å². The van der Waals surface area contributed by atoms with Crippen molar-refractivity contribution in [1.29, 1.82) is 0 Å². The van der Waals surface area contributed by atoms with Crippen LogP contribution in [-0.4, -0.2) is 39.7 Å². The maximum Gasteiger partial charge on any atom is 0.254 e. The summed E-state index contributed by atoms with van der Waals surface area (Å²) in [7, 11) is 0. The van der Waals surface area contributed by atoms with E-state index in [0.29, 0.717) is 37.3 Å². The Balaban J connectivity index is 1.47. The zero-order valence-corrected chi connectivity index (χ0v) is 21.1. The lowest BCUT2D eigenvalue weighted by Crippen LogP contribution is -2.36. The quantitative estimate of drug-likeness (QED) is 0.320. The van der Waals surface area contributed by atoms with Crippen molar-refractivity contribution in [1.82, 2.24) is 14.8 Å². The Hall–Kier alpha value is -4.25. The van der Waals surface area contributed by atoms with E-state index in [-0.39, 0.29) is 11.8 Å². The van der Waals surface area contributed by atoms with Gasteiger partial charge in [0.2, 0.25) is 0 Å². The van der Waals surface area contributed by atoms with Gasteiger partial charge in [-0.3, -0.25) is 14.6 Å². The van der Waals surface area contributed by atoms with E-state index in [0.717, 1.165) is 29.5 Å². The number of hydrogen-bond acceptors (Lipinski definition) is 3. The van der Waals surface area contributed by atoms with Crippen LogP contribution < -0.4 is 0 Å². The van der Waals surface area contributed by atoms with Crippen molar-refractivity contribution in [2.75, 3.05) is 13.1 Å². The summed E-state index contributed by atoms with van der Waals surface area (Å²) in [6.45, 7) is 4.47. The monoisotopic (exact) mass is 489 g/mol. The standard InChI is InChI=1S/C32H31N3O2/c1-2-19-34(22-24-10-9-18-33-21-24)31(36)29-15-7-5-13-27(29)28-14-6-8-16-30(28)32(37)35-20-17-25-11-3-4-12-26(25)23-35/h3-16,18,21H,2,17,19-20,22-23H2,1H3. The SMILES string of the molecule is CCCN(Cc1cccnc1)C(=O)c1ccccc1-c1ccccc1C(=O)N1CCc2ccccc2C1. The summed E-state index contributed by atoms with van der Waals surface area (Å²) in [5.41, 5.74) is 6.28. The highest BCUT2D eigenvalue weighted by Crippen LogP contribution is 2.30. The van der Waals surface area contributed by atoms with Crippen LogP contribution in [0, 0.1) is 0 Å². The highest BCUT2D eigenvalue weighted by molar-refractivity contribution is 6.06. The van der Waals surface area contributed by atoms with Gasteiger partial charge in [0.1, 0.15) is 0 Å². The molecule has 1 aromatic heterocycles. The first-order valence-corrected chi connectivity index (χ1v) is 12.9. The first-order valence-electron chi connectivity index (χ1n) is 12.9. The van der Waals surface area contributed by atoms with Gasteiger partial charge in [-0.1, -0.05) is 73.7 Å². The van der Waals surface area contributed by atoms with Crippen LogP contribution in [0.4, 0.5) is 0 Å². The molecule has 0 spiro atoms. The van der Waals surface area contributed by atoms with Gasteiger partial charge in [0.05, 0.1) is 0 Å². The molecule has 1 aliphatic rings. The number of hydrogen-bond donors (Lipinski definition) is 0. The Morgan fingerprint density at radius 1 is 0.838 bits per heavy atom. The molecule has 2 amide bonds. The zero-order valence-electron chi connectivity index (χ0n) is 21.1. The van der Waals surface area contributed by atoms with Crippen LogP contribution in [0.3, 0.4) is 0 Å². The first kappa shape index (κ1) is 24.4. The molecule has 5 heteroatoms. The van der Waals surface area contributed by atoms with E-state index in [1.165, 1.54) is 11.1 Å². The van der Waals surface area contributed by atoms with Crippen LogP contribution >= 0.6 is 0 Å². The number of benzene rings is 3. The third-order valence-corrected chi connectivity index (χ3v) is 6.90. The zero-order chi connectivity index (χ0) is 25.6. The second-order valence-corrected chi connectivity index (χ2v) is 9.42. The number of carbonyl (C=O) groups is 2. The lowest BCUT2D eigenvalue weighted by Gasteiger charge is -2.30. The molecule has 0 bridgehead atoms. The van der Waals surface area contributed by atoms with Gasteiger partial charge in [-0.25, -0.2) is 0 Å². The highest BCUT2D eigenvalue weighted by Gasteiger charge is 2.26. The summed E-state index contributed by atoms with van der Waals surface area (Å²) in [5.74, 6) is -0.0522. The molecule has 37 heavy (non-hydrogen) atoms. The minimum atomic E-state index is -0.0459. The molecular formula is C32H31N3O2. The number of aromatic nitrogens is 1. The number of nitrogens with zero attached hydrogens (tertiary/aromatic N) is 3. The molecule has 0 radical (unpaired) electrons. The fraction of sp³-hybridized carbons (Fsp3) is 0.219. The number of pyridine rings is 1. The van der Waals surface area contributed by atoms with Gasteiger partial charge >= 0.3 is 0 Å². The van der Waals surface area contributed by atoms with Gasteiger partial charge in [0.25, 0.3) is 11.8 Å². The van der Waals surface area contributed by atoms with Crippen molar-refractivity contribution >= 4 is 11.8 Å². The predicted octanol–water partition coefficient (Wildman–Crippen LogP) is 6.00. The van der Waals surface area contributed by atoms with E-state index in [9.17, 15) is 9.59 Å². The van der Waals surface area contributed by atoms with Crippen molar-refractivity contribution in [2.24, 2.45) is 0 Å². The van der Waals surface area contributed by atoms with Gasteiger partial charge in [-0.05, 0) is 58.9 Å². The van der Waals surface area contributed by atoms with E-state index < -0.39 is 0 Å². The topological polar surface area (TPSA) is 53.5 Å². The van der Waals surface area contributed by atoms with E-state index in [4.69, 9.17) is 0 Å². The lowest BCUT2D eigenvalue weighted by atomic mass is 9.93. The van der Waals surface area contributed by atoms with E-state index in [2.05, 4.69) is 30.1 Å². The molecule has 0 aliphatic carbocycles. The van der Waals surface area contributed by atoms with Gasteiger partial charge in [-0.2, -0.15) is 0 Å². The molecule has 186 valence electrons. The minimum absolute atomic E-state index is 0.00636. The summed E-state index contributed by atoms with van der Waals surface area (Å²) >= 11 is 0. The largest absolute Gasteiger partial charge is 0.334 e. The second-order valence-electron chi connectivity index (χ2n) is 9.42. The summed E-state index contributed by atoms with van der Waals surface area (Å²) in [6, 6.07) is 27.4. The average Bonchev–Trinajstić information content (AvgIpc) is 2.96. The molecule has 0 unspecified atom stereocenters. The molecule has 5 nitrogen and oxygen atoms in total. The smallest absolute Gasteiger partial charge is 0.254 e. The highest BCUT2D eigenvalue weighted by atomic mass is 16.2. The van der Waals surface area contributed by atoms with E-state index >= 15 is 0 Å². The van der Waals surface area contributed by atoms with Crippen LogP contribution in [0.1, 0.15) is 50.8 Å². The maximum atomic E-state index is 13.9. The molecular weight excluding hydrogens is 458 g/mol. The Labute approximate surface area is 218 Å². The fourth-order valence-corrected chi connectivity index (χ4v) is 5.05. The summed E-state index contributed by atoms with van der Waals surface area (Å²) < 4.78 is 0. The Morgan fingerprint density at radius 2 is 1.51 bits per heavy atom. The molecule has 4 aromatic rings. The molecule has 1 aliphatic heterocycles. The average molecular weight is 490 g/mol. The van der Waals surface area contributed by atoms with Crippen LogP contribution in [0.2, 0.25) is 0 Å². The first-order chi connectivity index (χ1) is 18.2. The normalized spacial score (nSPS) is 12.6. The van der Waals surface area contributed by atoms with Crippen LogP contribution in [0.5, 0.6) is 0 Å². The van der Waals surface area contributed by atoms with Crippen LogP contribution in [0.15, 0.2) is 97.3 Å². The third-order valence-electron chi connectivity index (χ3n) is 6.90. The van der Waals surface area contributed by atoms with Crippen molar-refractivity contribution in [3.05, 3.63) is 125 Å². The molecule has 5 rings (SSSR count). The maximum absolute atomic E-state index is 13.9. The molecule has 0 saturated heterocycles. The summed E-state index contributed by atoms with van der Waals surface area (Å²) in [4.78, 5) is 35.6. The lowest BCUT2D eigenvalue weighted by molar-refractivity contribution is 0.0729. The second kappa shape index (κ2) is 11.2. The van der Waals surface area contributed by atoms with Crippen molar-refractivity contribution < 1.29 is 9.59 Å². The summed E-state index contributed by atoms with van der Waals surface area (Å²) in [5, 5.41) is 0. The number of rotatable bonds is 7. The number of amides is 2. The predicted molar refractivity (Wildman–Crippen MR) is 146 cm³/mol. The molecule has 3 aromatic carbocycles. The molecule has 0 atom stereocenters. The van der Waals surface area contributed by atoms with E-state index in [1.807, 2.05) is 76.5 Å². The van der Waals surface area contributed by atoms with Crippen molar-refractivity contribution in [3.63, 3.8) is 0 Å². The Bertz CT molecular complexity index is 1400. The van der Waals surface area contributed by atoms with Gasteiger partial charge in [0.15, 0.2) is 0 Å². The van der Waals surface area contributed by atoms with Crippen molar-refractivity contribution in [3.8, 4) is 11.1 Å². The summed E-state index contributed by atoms with van der Waals surface area (Å²) in [6.07, 6.45) is 5.23. The fourth-order valence-electron chi connectivity index (χ4n) is 5.05. The van der Waals surface area contributed by atoms with Crippen molar-refractivity contribution in [2.45, 2.75) is 32.9 Å². The van der Waals surface area contributed by atoms with Crippen LogP contribution in [0.25, 0.3) is 11.1 Å². The van der Waals surface area contributed by atoms with E-state index in [1.54, 1.807) is 12.4 Å². The molecule has 0 saturated carbocycles. The number of carbonyl (C=O) groups excluding carboxylic acids is 2. The van der Waals surface area contributed by atoms with Crippen LogP contribution in [-0.2, 0) is 19.5 Å². The van der Waals surface area contributed by atoms with Gasteiger partial charge < -0.3 is 9.80 Å².